The monoisotopic (exact) mass is 402 g/mol. The number of nitrogens with one attached hydrogen (secondary N) is 1. The topological polar surface area (TPSA) is 88.5 Å². The maximum Gasteiger partial charge on any atom is 0.348 e. The standard InChI is InChI=1S/C19H19N2O4PS/c1-12-6-7-16(13(2)9-12)26(24,25-3)21-15-10-17(27-18(15)19(22)23)14-5-4-8-20-11-14/h4-11H,1-3H3,(H,21,24)(H,22,23). The third-order valence-corrected chi connectivity index (χ3v) is 7.42. The number of carboxylic acid groups (broad SMARTS) is 1. The second kappa shape index (κ2) is 7.64. The van der Waals surface area contributed by atoms with Gasteiger partial charge < -0.3 is 14.7 Å². The highest BCUT2D eigenvalue weighted by molar-refractivity contribution is 7.68. The molecule has 0 fully saturated rings. The van der Waals surface area contributed by atoms with Gasteiger partial charge in [0.1, 0.15) is 4.88 Å². The number of anilines is 1. The molecule has 2 N–H and O–H groups in total. The maximum absolute atomic E-state index is 13.5. The molecule has 0 saturated heterocycles. The van der Waals surface area contributed by atoms with Crippen LogP contribution in [0, 0.1) is 13.8 Å². The summed E-state index contributed by atoms with van der Waals surface area (Å²) in [4.78, 5) is 16.6. The van der Waals surface area contributed by atoms with E-state index in [1.165, 1.54) is 7.11 Å². The first-order chi connectivity index (χ1) is 12.8. The van der Waals surface area contributed by atoms with Crippen molar-refractivity contribution >= 4 is 35.8 Å². The zero-order valence-electron chi connectivity index (χ0n) is 15.1. The minimum Gasteiger partial charge on any atom is -0.477 e. The first-order valence-corrected chi connectivity index (χ1v) is 10.6. The Labute approximate surface area is 161 Å². The molecule has 0 aliphatic carbocycles. The van der Waals surface area contributed by atoms with E-state index in [9.17, 15) is 14.5 Å². The van der Waals surface area contributed by atoms with Crippen molar-refractivity contribution in [1.29, 1.82) is 0 Å². The van der Waals surface area contributed by atoms with Crippen LogP contribution in [-0.2, 0) is 9.09 Å². The van der Waals surface area contributed by atoms with E-state index in [-0.39, 0.29) is 10.6 Å². The quantitative estimate of drug-likeness (QED) is 0.581. The fraction of sp³-hybridized carbons (Fsp3) is 0.158. The minimum absolute atomic E-state index is 0.0656. The van der Waals surface area contributed by atoms with E-state index in [0.717, 1.165) is 28.0 Å². The molecule has 27 heavy (non-hydrogen) atoms. The summed E-state index contributed by atoms with van der Waals surface area (Å²) >= 11 is 1.10. The predicted molar refractivity (Wildman–Crippen MR) is 108 cm³/mol. The normalized spacial score (nSPS) is 13.1. The zero-order valence-corrected chi connectivity index (χ0v) is 16.8. The molecule has 0 spiro atoms. The van der Waals surface area contributed by atoms with Crippen LogP contribution in [0.15, 0.2) is 48.8 Å². The van der Waals surface area contributed by atoms with E-state index in [0.29, 0.717) is 10.2 Å². The molecule has 0 bridgehead atoms. The van der Waals surface area contributed by atoms with Gasteiger partial charge in [0.15, 0.2) is 0 Å². The molecule has 1 aromatic carbocycles. The lowest BCUT2D eigenvalue weighted by atomic mass is 10.2. The SMILES string of the molecule is COP(=O)(Nc1cc(-c2cccnc2)sc1C(=O)O)c1ccc(C)cc1C. The third-order valence-electron chi connectivity index (χ3n) is 4.07. The maximum atomic E-state index is 13.5. The summed E-state index contributed by atoms with van der Waals surface area (Å²) in [6.45, 7) is 3.80. The number of aromatic carboxylic acids is 1. The van der Waals surface area contributed by atoms with Crippen molar-refractivity contribution in [3.63, 3.8) is 0 Å². The van der Waals surface area contributed by atoms with Gasteiger partial charge in [0, 0.05) is 29.9 Å². The molecule has 1 unspecified atom stereocenters. The Kier molecular flexibility index (Phi) is 5.46. The number of carboxylic acids is 1. The van der Waals surface area contributed by atoms with Crippen LogP contribution in [-0.4, -0.2) is 23.2 Å². The molecule has 0 radical (unpaired) electrons. The molecule has 2 heterocycles. The summed E-state index contributed by atoms with van der Waals surface area (Å²) in [7, 11) is -2.15. The molecule has 2 aromatic heterocycles. The van der Waals surface area contributed by atoms with Gasteiger partial charge in [0.25, 0.3) is 0 Å². The second-order valence-electron chi connectivity index (χ2n) is 6.04. The fourth-order valence-electron chi connectivity index (χ4n) is 2.78. The molecule has 3 aromatic rings. The molecule has 0 aliphatic rings. The Morgan fingerprint density at radius 3 is 2.63 bits per heavy atom. The Morgan fingerprint density at radius 1 is 1.26 bits per heavy atom. The lowest BCUT2D eigenvalue weighted by molar-refractivity contribution is 0.0703. The van der Waals surface area contributed by atoms with E-state index >= 15 is 0 Å². The van der Waals surface area contributed by atoms with Gasteiger partial charge in [-0.3, -0.25) is 9.55 Å². The predicted octanol–water partition coefficient (Wildman–Crippen LogP) is 4.70. The number of rotatable bonds is 6. The van der Waals surface area contributed by atoms with Crippen LogP contribution in [0.25, 0.3) is 10.4 Å². The summed E-state index contributed by atoms with van der Waals surface area (Å²) in [6, 6.07) is 10.8. The lowest BCUT2D eigenvalue weighted by Crippen LogP contribution is -2.17. The molecular weight excluding hydrogens is 383 g/mol. The van der Waals surface area contributed by atoms with Crippen LogP contribution in [0.1, 0.15) is 20.8 Å². The molecule has 140 valence electrons. The summed E-state index contributed by atoms with van der Waals surface area (Å²) < 4.78 is 18.8. The van der Waals surface area contributed by atoms with E-state index < -0.39 is 13.5 Å². The van der Waals surface area contributed by atoms with Gasteiger partial charge in [-0.15, -0.1) is 11.3 Å². The van der Waals surface area contributed by atoms with Gasteiger partial charge in [-0.2, -0.15) is 0 Å². The van der Waals surface area contributed by atoms with Crippen molar-refractivity contribution in [3.05, 3.63) is 64.8 Å². The van der Waals surface area contributed by atoms with Gasteiger partial charge >= 0.3 is 13.5 Å². The van der Waals surface area contributed by atoms with Crippen molar-refractivity contribution in [2.45, 2.75) is 13.8 Å². The van der Waals surface area contributed by atoms with Crippen LogP contribution >= 0.6 is 18.9 Å². The van der Waals surface area contributed by atoms with E-state index in [1.54, 1.807) is 30.6 Å². The van der Waals surface area contributed by atoms with Crippen LogP contribution in [0.4, 0.5) is 5.69 Å². The minimum atomic E-state index is -3.50. The molecule has 0 saturated carbocycles. The van der Waals surface area contributed by atoms with Crippen molar-refractivity contribution < 1.29 is 19.0 Å². The number of hydrogen-bond acceptors (Lipinski definition) is 5. The molecule has 6 nitrogen and oxygen atoms in total. The number of benzene rings is 1. The Hall–Kier alpha value is -2.47. The molecule has 0 amide bonds. The molecule has 0 aliphatic heterocycles. The summed E-state index contributed by atoms with van der Waals surface area (Å²) in [5, 5.41) is 13.0. The summed E-state index contributed by atoms with van der Waals surface area (Å²) in [5.74, 6) is -1.10. The average Bonchev–Trinajstić information content (AvgIpc) is 3.06. The van der Waals surface area contributed by atoms with E-state index in [1.807, 2.05) is 32.0 Å². The number of hydrogen-bond donors (Lipinski definition) is 2. The smallest absolute Gasteiger partial charge is 0.348 e. The molecule has 1 atom stereocenters. The molecule has 8 heteroatoms. The number of nitrogens with zero attached hydrogens (tertiary/aromatic N) is 1. The van der Waals surface area contributed by atoms with Crippen molar-refractivity contribution in [2.24, 2.45) is 0 Å². The van der Waals surface area contributed by atoms with E-state index in [4.69, 9.17) is 4.52 Å². The summed E-state index contributed by atoms with van der Waals surface area (Å²) in [5.41, 5.74) is 2.90. The highest BCUT2D eigenvalue weighted by Crippen LogP contribution is 2.48. The first-order valence-electron chi connectivity index (χ1n) is 8.13. The van der Waals surface area contributed by atoms with Crippen LogP contribution < -0.4 is 10.4 Å². The van der Waals surface area contributed by atoms with Crippen molar-refractivity contribution in [3.8, 4) is 10.4 Å². The second-order valence-corrected chi connectivity index (χ2v) is 9.26. The number of pyridine rings is 1. The Balaban J connectivity index is 2.06. The van der Waals surface area contributed by atoms with Crippen LogP contribution in [0.2, 0.25) is 0 Å². The van der Waals surface area contributed by atoms with Gasteiger partial charge in [-0.25, -0.2) is 4.79 Å². The van der Waals surface area contributed by atoms with Crippen molar-refractivity contribution in [2.75, 3.05) is 12.2 Å². The molecular formula is C19H19N2O4PS. The summed E-state index contributed by atoms with van der Waals surface area (Å²) in [6.07, 6.45) is 3.30. The van der Waals surface area contributed by atoms with Gasteiger partial charge in [-0.1, -0.05) is 23.8 Å². The average molecular weight is 402 g/mol. The first kappa shape index (κ1) is 19.3. The van der Waals surface area contributed by atoms with Crippen LogP contribution in [0.3, 0.4) is 0 Å². The number of aromatic nitrogens is 1. The highest BCUT2D eigenvalue weighted by Gasteiger charge is 2.29. The fourth-order valence-corrected chi connectivity index (χ4v) is 5.50. The van der Waals surface area contributed by atoms with E-state index in [2.05, 4.69) is 10.1 Å². The largest absolute Gasteiger partial charge is 0.477 e. The Morgan fingerprint density at radius 2 is 2.04 bits per heavy atom. The number of thiophene rings is 1. The third kappa shape index (κ3) is 3.95. The van der Waals surface area contributed by atoms with Gasteiger partial charge in [-0.05, 0) is 37.6 Å². The van der Waals surface area contributed by atoms with Gasteiger partial charge in [0.2, 0.25) is 0 Å². The molecule has 3 rings (SSSR count). The highest BCUT2D eigenvalue weighted by atomic mass is 32.1. The van der Waals surface area contributed by atoms with Crippen molar-refractivity contribution in [1.82, 2.24) is 4.98 Å². The zero-order chi connectivity index (χ0) is 19.6. The number of carbonyl (C=O) groups is 1. The Bertz CT molecular complexity index is 1030. The van der Waals surface area contributed by atoms with Crippen LogP contribution in [0.5, 0.6) is 0 Å². The number of aryl methyl sites for hydroxylation is 2. The lowest BCUT2D eigenvalue weighted by Gasteiger charge is -2.20. The van der Waals surface area contributed by atoms with Gasteiger partial charge in [0.05, 0.1) is 11.0 Å².